The summed E-state index contributed by atoms with van der Waals surface area (Å²) in [5.74, 6) is 0.164. The van der Waals surface area contributed by atoms with Crippen molar-refractivity contribution in [2.75, 3.05) is 19.7 Å². The first kappa shape index (κ1) is 20.6. The highest BCUT2D eigenvalue weighted by atomic mass is 35.5. The maximum Gasteiger partial charge on any atom is 0.253 e. The van der Waals surface area contributed by atoms with E-state index >= 15 is 0 Å². The Bertz CT molecular complexity index is 832. The highest BCUT2D eigenvalue weighted by molar-refractivity contribution is 6.32. The lowest BCUT2D eigenvalue weighted by Gasteiger charge is -2.27. The normalized spacial score (nSPS) is 20.0. The van der Waals surface area contributed by atoms with Crippen LogP contribution in [0.1, 0.15) is 40.7 Å². The number of aryl methyl sites for hydroxylation is 2. The molecule has 2 aromatic rings. The Labute approximate surface area is 169 Å². The van der Waals surface area contributed by atoms with E-state index in [4.69, 9.17) is 16.3 Å². The summed E-state index contributed by atoms with van der Waals surface area (Å²) in [5, 5.41) is 11.7. The second-order valence-electron chi connectivity index (χ2n) is 7.54. The molecule has 1 amide bonds. The molecule has 6 heteroatoms. The summed E-state index contributed by atoms with van der Waals surface area (Å²) in [6, 6.07) is 9.27. The number of aliphatic hydroxyl groups is 1. The standard InChI is InChI=1S/C22H25ClFNO3/c1-15-12-19(13-16(2)20(15)23)28-14-22(27)8-3-10-25(11-9-22)21(26)17-4-6-18(24)7-5-17/h4-7,12-13,27H,3,8-11,14H2,1-2H3. The van der Waals surface area contributed by atoms with Gasteiger partial charge in [0, 0.05) is 23.7 Å². The minimum Gasteiger partial charge on any atom is -0.491 e. The Morgan fingerprint density at radius 2 is 1.82 bits per heavy atom. The van der Waals surface area contributed by atoms with Crippen molar-refractivity contribution in [1.82, 2.24) is 4.90 Å². The molecule has 3 rings (SSSR count). The molecule has 0 saturated carbocycles. The zero-order valence-electron chi connectivity index (χ0n) is 16.2. The molecule has 150 valence electrons. The molecule has 0 bridgehead atoms. The van der Waals surface area contributed by atoms with E-state index < -0.39 is 5.60 Å². The number of nitrogens with zero attached hydrogens (tertiary/aromatic N) is 1. The first-order chi connectivity index (χ1) is 13.3. The van der Waals surface area contributed by atoms with Crippen molar-refractivity contribution < 1.29 is 19.0 Å². The van der Waals surface area contributed by atoms with E-state index in [0.29, 0.717) is 43.7 Å². The Morgan fingerprint density at radius 3 is 2.46 bits per heavy atom. The molecular formula is C22H25ClFNO3. The third-order valence-electron chi connectivity index (χ3n) is 5.21. The average molecular weight is 406 g/mol. The molecule has 0 radical (unpaired) electrons. The van der Waals surface area contributed by atoms with Crippen LogP contribution in [0, 0.1) is 19.7 Å². The number of rotatable bonds is 4. The third-order valence-corrected chi connectivity index (χ3v) is 5.81. The van der Waals surface area contributed by atoms with Gasteiger partial charge in [0.15, 0.2) is 0 Å². The van der Waals surface area contributed by atoms with Crippen LogP contribution in [0.2, 0.25) is 5.02 Å². The van der Waals surface area contributed by atoms with Crippen molar-refractivity contribution in [2.24, 2.45) is 0 Å². The molecule has 1 aliphatic heterocycles. The van der Waals surface area contributed by atoms with Crippen LogP contribution < -0.4 is 4.74 Å². The predicted octanol–water partition coefficient (Wildman–Crippen LogP) is 4.53. The van der Waals surface area contributed by atoms with Crippen LogP contribution in [0.5, 0.6) is 5.75 Å². The summed E-state index contributed by atoms with van der Waals surface area (Å²) in [7, 11) is 0. The van der Waals surface area contributed by atoms with Crippen LogP contribution in [0.4, 0.5) is 4.39 Å². The van der Waals surface area contributed by atoms with Crippen molar-refractivity contribution in [2.45, 2.75) is 38.7 Å². The van der Waals surface area contributed by atoms with Crippen LogP contribution in [0.3, 0.4) is 0 Å². The van der Waals surface area contributed by atoms with Crippen LogP contribution >= 0.6 is 11.6 Å². The molecule has 1 fully saturated rings. The van der Waals surface area contributed by atoms with Crippen molar-refractivity contribution >= 4 is 17.5 Å². The summed E-state index contributed by atoms with van der Waals surface area (Å²) in [4.78, 5) is 14.3. The Morgan fingerprint density at radius 1 is 1.18 bits per heavy atom. The number of carbonyl (C=O) groups is 1. The fourth-order valence-corrected chi connectivity index (χ4v) is 3.62. The zero-order valence-corrected chi connectivity index (χ0v) is 16.9. The summed E-state index contributed by atoms with van der Waals surface area (Å²) in [5.41, 5.74) is 1.32. The summed E-state index contributed by atoms with van der Waals surface area (Å²) in [6.45, 7) is 4.97. The van der Waals surface area contributed by atoms with Crippen molar-refractivity contribution in [3.63, 3.8) is 0 Å². The van der Waals surface area contributed by atoms with Gasteiger partial charge < -0.3 is 14.7 Å². The van der Waals surface area contributed by atoms with Crippen LogP contribution in [-0.4, -0.2) is 41.2 Å². The smallest absolute Gasteiger partial charge is 0.253 e. The van der Waals surface area contributed by atoms with E-state index in [2.05, 4.69) is 0 Å². The van der Waals surface area contributed by atoms with E-state index in [9.17, 15) is 14.3 Å². The van der Waals surface area contributed by atoms with Gasteiger partial charge in [0.1, 0.15) is 23.8 Å². The van der Waals surface area contributed by atoms with Crippen molar-refractivity contribution in [1.29, 1.82) is 0 Å². The quantitative estimate of drug-likeness (QED) is 0.812. The lowest BCUT2D eigenvalue weighted by atomic mass is 9.96. The van der Waals surface area contributed by atoms with Gasteiger partial charge in [-0.25, -0.2) is 4.39 Å². The number of likely N-dealkylation sites (tertiary alicyclic amines) is 1. The van der Waals surface area contributed by atoms with Gasteiger partial charge >= 0.3 is 0 Å². The molecule has 28 heavy (non-hydrogen) atoms. The van der Waals surface area contributed by atoms with E-state index in [0.717, 1.165) is 16.1 Å². The number of benzene rings is 2. The Kier molecular flexibility index (Phi) is 6.26. The van der Waals surface area contributed by atoms with Gasteiger partial charge in [0.2, 0.25) is 0 Å². The number of ether oxygens (including phenoxy) is 1. The molecule has 1 N–H and O–H groups in total. The molecule has 1 aliphatic rings. The Balaban J connectivity index is 1.62. The van der Waals surface area contributed by atoms with Crippen LogP contribution in [0.25, 0.3) is 0 Å². The molecule has 0 aromatic heterocycles. The third kappa shape index (κ3) is 4.83. The monoisotopic (exact) mass is 405 g/mol. The van der Waals surface area contributed by atoms with Gasteiger partial charge in [-0.3, -0.25) is 4.79 Å². The largest absolute Gasteiger partial charge is 0.491 e. The maximum absolute atomic E-state index is 13.1. The number of halogens is 2. The predicted molar refractivity (Wildman–Crippen MR) is 108 cm³/mol. The van der Waals surface area contributed by atoms with Gasteiger partial charge in [0.05, 0.1) is 0 Å². The van der Waals surface area contributed by atoms with E-state index in [1.807, 2.05) is 26.0 Å². The highest BCUT2D eigenvalue weighted by Crippen LogP contribution is 2.28. The number of carbonyl (C=O) groups excluding carboxylic acids is 1. The minimum atomic E-state index is -1.00. The fraction of sp³-hybridized carbons (Fsp3) is 0.409. The number of hydrogen-bond acceptors (Lipinski definition) is 3. The molecule has 1 atom stereocenters. The van der Waals surface area contributed by atoms with Gasteiger partial charge in [-0.1, -0.05) is 11.6 Å². The van der Waals surface area contributed by atoms with Crippen molar-refractivity contribution in [3.8, 4) is 5.75 Å². The lowest BCUT2D eigenvalue weighted by Crippen LogP contribution is -2.38. The van der Waals surface area contributed by atoms with Crippen molar-refractivity contribution in [3.05, 3.63) is 63.9 Å². The van der Waals surface area contributed by atoms with Crippen LogP contribution in [-0.2, 0) is 0 Å². The molecule has 4 nitrogen and oxygen atoms in total. The van der Waals surface area contributed by atoms with Gasteiger partial charge in [-0.05, 0) is 80.6 Å². The lowest BCUT2D eigenvalue weighted by molar-refractivity contribution is -0.0163. The Hall–Kier alpha value is -2.11. The summed E-state index contributed by atoms with van der Waals surface area (Å²) >= 11 is 6.19. The first-order valence-electron chi connectivity index (χ1n) is 9.44. The fourth-order valence-electron chi connectivity index (χ4n) is 3.51. The molecule has 2 aromatic carbocycles. The van der Waals surface area contributed by atoms with Crippen LogP contribution in [0.15, 0.2) is 36.4 Å². The molecule has 0 aliphatic carbocycles. The van der Waals surface area contributed by atoms with E-state index in [-0.39, 0.29) is 18.3 Å². The molecule has 1 heterocycles. The average Bonchev–Trinajstić information content (AvgIpc) is 2.87. The van der Waals surface area contributed by atoms with Gasteiger partial charge in [-0.15, -0.1) is 0 Å². The zero-order chi connectivity index (χ0) is 20.3. The summed E-state index contributed by atoms with van der Waals surface area (Å²) in [6.07, 6.45) is 1.64. The number of hydrogen-bond donors (Lipinski definition) is 1. The van der Waals surface area contributed by atoms with Gasteiger partial charge in [0.25, 0.3) is 5.91 Å². The minimum absolute atomic E-state index is 0.144. The first-order valence-corrected chi connectivity index (χ1v) is 9.82. The maximum atomic E-state index is 13.1. The SMILES string of the molecule is Cc1cc(OCC2(O)CCCN(C(=O)c3ccc(F)cc3)CC2)cc(C)c1Cl. The highest BCUT2D eigenvalue weighted by Gasteiger charge is 2.32. The number of amides is 1. The summed E-state index contributed by atoms with van der Waals surface area (Å²) < 4.78 is 18.9. The molecule has 1 unspecified atom stereocenters. The second kappa shape index (κ2) is 8.50. The second-order valence-corrected chi connectivity index (χ2v) is 7.91. The van der Waals surface area contributed by atoms with E-state index in [1.54, 1.807) is 4.90 Å². The van der Waals surface area contributed by atoms with E-state index in [1.165, 1.54) is 24.3 Å². The topological polar surface area (TPSA) is 49.8 Å². The molecule has 0 spiro atoms. The molecule has 1 saturated heterocycles. The molecular weight excluding hydrogens is 381 g/mol. The van der Waals surface area contributed by atoms with Gasteiger partial charge in [-0.2, -0.15) is 0 Å².